The van der Waals surface area contributed by atoms with Gasteiger partial charge < -0.3 is 25.0 Å². The van der Waals surface area contributed by atoms with Crippen molar-refractivity contribution in [2.24, 2.45) is 5.41 Å². The summed E-state index contributed by atoms with van der Waals surface area (Å²) in [5, 5.41) is 15.4. The van der Waals surface area contributed by atoms with E-state index in [-0.39, 0.29) is 22.7 Å². The van der Waals surface area contributed by atoms with E-state index >= 15 is 0 Å². The van der Waals surface area contributed by atoms with Gasteiger partial charge in [0.15, 0.2) is 5.82 Å². The lowest BCUT2D eigenvalue weighted by molar-refractivity contribution is 0.183. The highest BCUT2D eigenvalue weighted by Crippen LogP contribution is 2.46. The van der Waals surface area contributed by atoms with Gasteiger partial charge in [-0.25, -0.2) is 9.37 Å². The number of nitrogens with zero attached hydrogens (tertiary/aromatic N) is 5. The van der Waals surface area contributed by atoms with Gasteiger partial charge >= 0.3 is 6.01 Å². The fourth-order valence-corrected chi connectivity index (χ4v) is 6.83. The first-order chi connectivity index (χ1) is 20.8. The van der Waals surface area contributed by atoms with E-state index in [0.29, 0.717) is 63.0 Å². The molecule has 1 unspecified atom stereocenters. The number of nitrogens with one attached hydrogen (secondary N) is 1. The second-order valence-electron chi connectivity index (χ2n) is 12.4. The van der Waals surface area contributed by atoms with E-state index in [4.69, 9.17) is 32.5 Å². The van der Waals surface area contributed by atoms with Gasteiger partial charge in [-0.05, 0) is 68.9 Å². The van der Waals surface area contributed by atoms with Crippen LogP contribution in [-0.4, -0.2) is 77.4 Å². The molecule has 7 rings (SSSR count). The molecule has 218 valence electrons. The van der Waals surface area contributed by atoms with Crippen LogP contribution in [0.4, 0.5) is 10.2 Å². The smallest absolute Gasteiger partial charge is 0.319 e. The van der Waals surface area contributed by atoms with E-state index in [1.54, 1.807) is 18.3 Å². The second-order valence-corrected chi connectivity index (χ2v) is 12.4. The number of ether oxygens (including phenoxy) is 1. The standard InChI is InChI=1S/C34H33FN6O2/c1-5-24-27(26-14-23(42)13-20-7-10-28(35)25(6-2)29(20)26)15-36-31-30(24)38-33(43-19-34(11-12-34)18-40(3)4)39-32(31)41-16-21-8-9-22(17-41)37-21/h1-2,7,10,13-15,21-22,37,42H,8-9,11-12,16-19H2,3-4H3/t21-,22?/m1/s1. The Morgan fingerprint density at radius 3 is 2.49 bits per heavy atom. The molecule has 2 atom stereocenters. The van der Waals surface area contributed by atoms with Crippen molar-refractivity contribution in [3.05, 3.63) is 47.4 Å². The monoisotopic (exact) mass is 576 g/mol. The molecule has 2 bridgehead atoms. The van der Waals surface area contributed by atoms with Crippen molar-refractivity contribution in [3.63, 3.8) is 0 Å². The zero-order valence-corrected chi connectivity index (χ0v) is 24.3. The largest absolute Gasteiger partial charge is 0.508 e. The number of phenols is 1. The highest BCUT2D eigenvalue weighted by molar-refractivity contribution is 6.05. The number of pyridine rings is 1. The van der Waals surface area contributed by atoms with E-state index in [2.05, 4.69) is 41.1 Å². The number of aromatic hydroxyl groups is 1. The molecule has 1 aliphatic carbocycles. The quantitative estimate of drug-likeness (QED) is 0.315. The molecule has 2 N–H and O–H groups in total. The molecular formula is C34H33FN6O2. The van der Waals surface area contributed by atoms with E-state index in [1.807, 2.05) is 0 Å². The van der Waals surface area contributed by atoms with Crippen LogP contribution in [0.1, 0.15) is 36.8 Å². The van der Waals surface area contributed by atoms with Crippen molar-refractivity contribution in [2.45, 2.75) is 37.8 Å². The Hall–Kier alpha value is -4.44. The molecule has 9 heteroatoms. The third kappa shape index (κ3) is 4.89. The highest BCUT2D eigenvalue weighted by atomic mass is 19.1. The number of terminal acetylenes is 2. The highest BCUT2D eigenvalue weighted by Gasteiger charge is 2.44. The first kappa shape index (κ1) is 27.4. The lowest BCUT2D eigenvalue weighted by Gasteiger charge is -2.34. The normalized spacial score (nSPS) is 20.4. The molecule has 3 fully saturated rings. The van der Waals surface area contributed by atoms with Gasteiger partial charge in [0.05, 0.1) is 17.7 Å². The Kier molecular flexibility index (Phi) is 6.61. The van der Waals surface area contributed by atoms with Gasteiger partial charge in [0.2, 0.25) is 0 Å². The maximum atomic E-state index is 14.9. The van der Waals surface area contributed by atoms with Crippen LogP contribution >= 0.6 is 0 Å². The summed E-state index contributed by atoms with van der Waals surface area (Å²) in [6.07, 6.45) is 18.0. The first-order valence-corrected chi connectivity index (χ1v) is 14.7. The fourth-order valence-electron chi connectivity index (χ4n) is 6.83. The number of hydrogen-bond acceptors (Lipinski definition) is 8. The SMILES string of the molecule is C#Cc1c(-c2cc(O)cc3ccc(F)c(C#C)c23)cnc2c(N3CC4CC[C@H](C3)N4)nc(OCC3(CN(C)C)CC3)nc12. The van der Waals surface area contributed by atoms with E-state index < -0.39 is 5.82 Å². The number of anilines is 1. The summed E-state index contributed by atoms with van der Waals surface area (Å²) in [4.78, 5) is 19.0. The predicted molar refractivity (Wildman–Crippen MR) is 166 cm³/mol. The van der Waals surface area contributed by atoms with E-state index in [1.165, 1.54) is 12.1 Å². The molecule has 4 heterocycles. The summed E-state index contributed by atoms with van der Waals surface area (Å²) in [7, 11) is 4.14. The number of hydrogen-bond donors (Lipinski definition) is 2. The van der Waals surface area contributed by atoms with Crippen LogP contribution in [0.15, 0.2) is 30.5 Å². The Morgan fingerprint density at radius 1 is 1.07 bits per heavy atom. The molecular weight excluding hydrogens is 543 g/mol. The predicted octanol–water partition coefficient (Wildman–Crippen LogP) is 4.31. The molecule has 0 spiro atoms. The van der Waals surface area contributed by atoms with Crippen molar-refractivity contribution in [1.82, 2.24) is 25.2 Å². The van der Waals surface area contributed by atoms with Crippen molar-refractivity contribution in [1.29, 1.82) is 0 Å². The van der Waals surface area contributed by atoms with Crippen molar-refractivity contribution < 1.29 is 14.2 Å². The van der Waals surface area contributed by atoms with Crippen LogP contribution in [0.2, 0.25) is 0 Å². The Labute approximate surface area is 250 Å². The fraction of sp³-hybridized carbons (Fsp3) is 0.382. The summed E-state index contributed by atoms with van der Waals surface area (Å²) in [5.74, 6) is 5.46. The maximum absolute atomic E-state index is 14.9. The number of fused-ring (bicyclic) bond motifs is 4. The zero-order chi connectivity index (χ0) is 29.9. The lowest BCUT2D eigenvalue weighted by atomic mass is 9.92. The van der Waals surface area contributed by atoms with Gasteiger partial charge in [-0.3, -0.25) is 0 Å². The topological polar surface area (TPSA) is 86.6 Å². The van der Waals surface area contributed by atoms with Crippen LogP contribution in [-0.2, 0) is 0 Å². The number of halogens is 1. The van der Waals surface area contributed by atoms with Crippen LogP contribution in [0.25, 0.3) is 32.9 Å². The third-order valence-electron chi connectivity index (χ3n) is 8.94. The average molecular weight is 577 g/mol. The third-order valence-corrected chi connectivity index (χ3v) is 8.94. The summed E-state index contributed by atoms with van der Waals surface area (Å²) in [5.41, 5.74) is 2.67. The van der Waals surface area contributed by atoms with Gasteiger partial charge in [0, 0.05) is 54.3 Å². The average Bonchev–Trinajstić information content (AvgIpc) is 3.67. The molecule has 8 nitrogen and oxygen atoms in total. The summed E-state index contributed by atoms with van der Waals surface area (Å²) < 4.78 is 21.2. The Morgan fingerprint density at radius 2 is 1.81 bits per heavy atom. The van der Waals surface area contributed by atoms with Gasteiger partial charge in [0.1, 0.15) is 22.6 Å². The molecule has 3 aliphatic rings. The van der Waals surface area contributed by atoms with Crippen LogP contribution in [0, 0.1) is 35.9 Å². The number of aromatic nitrogens is 3. The molecule has 43 heavy (non-hydrogen) atoms. The molecule has 0 radical (unpaired) electrons. The second kappa shape index (κ2) is 10.4. The van der Waals surface area contributed by atoms with Gasteiger partial charge in [0.25, 0.3) is 0 Å². The molecule has 0 amide bonds. The number of piperazine rings is 1. The minimum Gasteiger partial charge on any atom is -0.508 e. The first-order valence-electron chi connectivity index (χ1n) is 14.7. The van der Waals surface area contributed by atoms with E-state index in [0.717, 1.165) is 45.3 Å². The molecule has 4 aromatic rings. The maximum Gasteiger partial charge on any atom is 0.319 e. The summed E-state index contributed by atoms with van der Waals surface area (Å²) in [6.45, 7) is 3.02. The van der Waals surface area contributed by atoms with Crippen molar-refractivity contribution >= 4 is 27.6 Å². The Bertz CT molecular complexity index is 1840. The van der Waals surface area contributed by atoms with Crippen LogP contribution in [0.3, 0.4) is 0 Å². The minimum atomic E-state index is -0.529. The van der Waals surface area contributed by atoms with E-state index in [9.17, 15) is 9.50 Å². The van der Waals surface area contributed by atoms with Crippen molar-refractivity contribution in [3.8, 4) is 47.6 Å². The molecule has 2 saturated heterocycles. The number of rotatable bonds is 7. The van der Waals surface area contributed by atoms with Gasteiger partial charge in [-0.15, -0.1) is 12.8 Å². The summed E-state index contributed by atoms with van der Waals surface area (Å²) in [6, 6.07) is 6.99. The summed E-state index contributed by atoms with van der Waals surface area (Å²) >= 11 is 0. The molecule has 2 aromatic heterocycles. The van der Waals surface area contributed by atoms with Gasteiger partial charge in [-0.1, -0.05) is 17.9 Å². The number of benzene rings is 2. The van der Waals surface area contributed by atoms with Crippen LogP contribution in [0.5, 0.6) is 11.8 Å². The Balaban J connectivity index is 1.41. The minimum absolute atomic E-state index is 0.000498. The number of phenolic OH excluding ortho intramolecular Hbond substituents is 1. The van der Waals surface area contributed by atoms with Gasteiger partial charge in [-0.2, -0.15) is 9.97 Å². The van der Waals surface area contributed by atoms with Crippen LogP contribution < -0.4 is 15.0 Å². The molecule has 1 saturated carbocycles. The van der Waals surface area contributed by atoms with Crippen molar-refractivity contribution in [2.75, 3.05) is 45.2 Å². The lowest BCUT2D eigenvalue weighted by Crippen LogP contribution is -2.51. The zero-order valence-electron chi connectivity index (χ0n) is 24.3. The molecule has 2 aliphatic heterocycles. The molecule has 2 aromatic carbocycles.